The third kappa shape index (κ3) is 5.29. The van der Waals surface area contributed by atoms with E-state index in [1.54, 1.807) is 11.0 Å². The average Bonchev–Trinajstić information content (AvgIpc) is 2.68. The molecule has 0 saturated heterocycles. The molecule has 0 N–H and O–H groups in total. The summed E-state index contributed by atoms with van der Waals surface area (Å²) in [4.78, 5) is 14.5. The maximum absolute atomic E-state index is 14.1. The minimum Gasteiger partial charge on any atom is -0.489 e. The van der Waals surface area contributed by atoms with Gasteiger partial charge in [-0.15, -0.1) is 0 Å². The van der Waals surface area contributed by atoms with Crippen LogP contribution in [0.5, 0.6) is 5.75 Å². The summed E-state index contributed by atoms with van der Waals surface area (Å²) in [6, 6.07) is 7.71. The van der Waals surface area contributed by atoms with Crippen LogP contribution in [0.2, 0.25) is 5.02 Å². The Morgan fingerprint density at radius 1 is 1.23 bits per heavy atom. The number of rotatable bonds is 4. The van der Waals surface area contributed by atoms with Crippen LogP contribution in [0.25, 0.3) is 0 Å². The number of halogens is 3. The highest BCUT2D eigenvalue weighted by Gasteiger charge is 2.35. The molecule has 1 heterocycles. The second-order valence-corrected chi connectivity index (χ2v) is 9.49. The summed E-state index contributed by atoms with van der Waals surface area (Å²) in [6.07, 6.45) is 0.304. The van der Waals surface area contributed by atoms with Crippen molar-refractivity contribution in [2.24, 2.45) is 5.92 Å². The van der Waals surface area contributed by atoms with Gasteiger partial charge in [0, 0.05) is 6.54 Å². The summed E-state index contributed by atoms with van der Waals surface area (Å²) in [5, 5.41) is -0.146. The molecule has 1 unspecified atom stereocenters. The SMILES string of the molecule is CC(C)C1c2ccc(OCc3c(F)ccc(Cl)c3F)cc2CCN1C(=O)OC(C)(C)C. The molecule has 0 radical (unpaired) electrons. The summed E-state index contributed by atoms with van der Waals surface area (Å²) in [5.74, 6) is -0.834. The zero-order valence-electron chi connectivity index (χ0n) is 18.5. The van der Waals surface area contributed by atoms with Crippen molar-refractivity contribution in [1.82, 2.24) is 4.90 Å². The predicted molar refractivity (Wildman–Crippen MR) is 116 cm³/mol. The van der Waals surface area contributed by atoms with E-state index < -0.39 is 17.2 Å². The summed E-state index contributed by atoms with van der Waals surface area (Å²) >= 11 is 5.75. The minimum atomic E-state index is -0.812. The molecule has 1 amide bonds. The molecule has 1 aliphatic heterocycles. The molecule has 1 atom stereocenters. The van der Waals surface area contributed by atoms with Crippen molar-refractivity contribution in [2.45, 2.75) is 59.3 Å². The van der Waals surface area contributed by atoms with Crippen molar-refractivity contribution in [1.29, 1.82) is 0 Å². The lowest BCUT2D eigenvalue weighted by atomic mass is 9.86. The summed E-state index contributed by atoms with van der Waals surface area (Å²) in [6.45, 7) is 9.92. The van der Waals surface area contributed by atoms with E-state index in [0.29, 0.717) is 18.7 Å². The van der Waals surface area contributed by atoms with Crippen LogP contribution < -0.4 is 4.74 Å². The van der Waals surface area contributed by atoms with Crippen molar-refractivity contribution < 1.29 is 23.0 Å². The van der Waals surface area contributed by atoms with Gasteiger partial charge in [0.25, 0.3) is 0 Å². The summed E-state index contributed by atoms with van der Waals surface area (Å²) in [7, 11) is 0. The van der Waals surface area contributed by atoms with Crippen molar-refractivity contribution in [3.8, 4) is 5.75 Å². The fourth-order valence-electron chi connectivity index (χ4n) is 3.83. The van der Waals surface area contributed by atoms with E-state index in [1.165, 1.54) is 6.07 Å². The number of carbonyl (C=O) groups is 1. The van der Waals surface area contributed by atoms with E-state index in [1.807, 2.05) is 32.9 Å². The monoisotopic (exact) mass is 451 g/mol. The topological polar surface area (TPSA) is 38.8 Å². The Kier molecular flexibility index (Phi) is 6.79. The Morgan fingerprint density at radius 2 is 1.94 bits per heavy atom. The average molecular weight is 452 g/mol. The van der Waals surface area contributed by atoms with Gasteiger partial charge in [0.2, 0.25) is 0 Å². The van der Waals surface area contributed by atoms with E-state index in [9.17, 15) is 13.6 Å². The van der Waals surface area contributed by atoms with E-state index in [4.69, 9.17) is 21.1 Å². The fourth-order valence-corrected chi connectivity index (χ4v) is 4.00. The maximum atomic E-state index is 14.1. The smallest absolute Gasteiger partial charge is 0.410 e. The summed E-state index contributed by atoms with van der Waals surface area (Å²) < 4.78 is 39.3. The van der Waals surface area contributed by atoms with Gasteiger partial charge >= 0.3 is 6.09 Å². The van der Waals surface area contributed by atoms with Gasteiger partial charge in [-0.25, -0.2) is 13.6 Å². The molecule has 1 aliphatic rings. The van der Waals surface area contributed by atoms with Gasteiger partial charge in [0.15, 0.2) is 5.82 Å². The molecule has 0 aliphatic carbocycles. The first kappa shape index (κ1) is 23.3. The highest BCUT2D eigenvalue weighted by molar-refractivity contribution is 6.30. The number of hydrogen-bond acceptors (Lipinski definition) is 3. The van der Waals surface area contributed by atoms with Crippen LogP contribution in [0.3, 0.4) is 0 Å². The lowest BCUT2D eigenvalue weighted by Gasteiger charge is -2.40. The number of carbonyl (C=O) groups excluding carboxylic acids is 1. The number of fused-ring (bicyclic) bond motifs is 1. The Bertz CT molecular complexity index is 972. The third-order valence-corrected chi connectivity index (χ3v) is 5.46. The summed E-state index contributed by atoms with van der Waals surface area (Å²) in [5.41, 5.74) is 1.30. The fraction of sp³-hybridized carbons (Fsp3) is 0.458. The molecule has 3 rings (SSSR count). The number of benzene rings is 2. The van der Waals surface area contributed by atoms with Crippen LogP contribution in [0, 0.1) is 17.6 Å². The first-order valence-electron chi connectivity index (χ1n) is 10.4. The maximum Gasteiger partial charge on any atom is 0.410 e. The largest absolute Gasteiger partial charge is 0.489 e. The molecular formula is C24H28ClF2NO3. The molecular weight excluding hydrogens is 424 g/mol. The Morgan fingerprint density at radius 3 is 2.58 bits per heavy atom. The van der Waals surface area contributed by atoms with Crippen molar-refractivity contribution in [2.75, 3.05) is 6.54 Å². The molecule has 2 aromatic rings. The van der Waals surface area contributed by atoms with Gasteiger partial charge in [-0.3, -0.25) is 0 Å². The van der Waals surface area contributed by atoms with E-state index in [2.05, 4.69) is 13.8 Å². The van der Waals surface area contributed by atoms with Crippen molar-refractivity contribution in [3.05, 3.63) is 63.7 Å². The zero-order valence-corrected chi connectivity index (χ0v) is 19.2. The van der Waals surface area contributed by atoms with Crippen LogP contribution >= 0.6 is 11.6 Å². The molecule has 2 aromatic carbocycles. The van der Waals surface area contributed by atoms with Gasteiger partial charge in [0.1, 0.15) is 23.8 Å². The van der Waals surface area contributed by atoms with E-state index >= 15 is 0 Å². The van der Waals surface area contributed by atoms with Crippen LogP contribution in [0.1, 0.15) is 57.4 Å². The van der Waals surface area contributed by atoms with Crippen molar-refractivity contribution in [3.63, 3.8) is 0 Å². The van der Waals surface area contributed by atoms with Gasteiger partial charge in [-0.1, -0.05) is 31.5 Å². The normalized spacial score (nSPS) is 16.3. The van der Waals surface area contributed by atoms with Crippen LogP contribution in [-0.4, -0.2) is 23.1 Å². The molecule has 0 aromatic heterocycles. The quantitative estimate of drug-likeness (QED) is 0.486. The van der Waals surface area contributed by atoms with Gasteiger partial charge < -0.3 is 14.4 Å². The van der Waals surface area contributed by atoms with Crippen LogP contribution in [0.15, 0.2) is 30.3 Å². The zero-order chi connectivity index (χ0) is 22.9. The number of nitrogens with zero attached hydrogens (tertiary/aromatic N) is 1. The highest BCUT2D eigenvalue weighted by Crippen LogP contribution is 2.38. The molecule has 168 valence electrons. The molecule has 0 bridgehead atoms. The second kappa shape index (κ2) is 9.03. The van der Waals surface area contributed by atoms with Gasteiger partial charge in [-0.05, 0) is 68.5 Å². The Hall–Kier alpha value is -2.34. The van der Waals surface area contributed by atoms with Crippen molar-refractivity contribution >= 4 is 17.7 Å². The minimum absolute atomic E-state index is 0.129. The lowest BCUT2D eigenvalue weighted by molar-refractivity contribution is 0.00876. The number of ether oxygens (including phenoxy) is 2. The second-order valence-electron chi connectivity index (χ2n) is 9.08. The predicted octanol–water partition coefficient (Wildman–Crippen LogP) is 6.69. The molecule has 0 spiro atoms. The van der Waals surface area contributed by atoms with Crippen LogP contribution in [0.4, 0.5) is 13.6 Å². The van der Waals surface area contributed by atoms with E-state index in [-0.39, 0.29) is 35.2 Å². The highest BCUT2D eigenvalue weighted by atomic mass is 35.5. The first-order chi connectivity index (χ1) is 14.5. The molecule has 0 fully saturated rings. The number of hydrogen-bond donors (Lipinski definition) is 0. The molecule has 7 heteroatoms. The first-order valence-corrected chi connectivity index (χ1v) is 10.7. The molecule has 4 nitrogen and oxygen atoms in total. The van der Waals surface area contributed by atoms with Gasteiger partial charge in [-0.2, -0.15) is 0 Å². The van der Waals surface area contributed by atoms with Crippen LogP contribution in [-0.2, 0) is 17.8 Å². The third-order valence-electron chi connectivity index (χ3n) is 5.17. The van der Waals surface area contributed by atoms with Gasteiger partial charge in [0.05, 0.1) is 16.6 Å². The standard InChI is InChI=1S/C24H28ClF2NO3/c1-14(2)22-17-7-6-16(30-13-18-20(26)9-8-19(25)21(18)27)12-15(17)10-11-28(22)23(29)31-24(3,4)5/h6-9,12,14,22H,10-11,13H2,1-5H3. The molecule has 31 heavy (non-hydrogen) atoms. The number of amides is 1. The lowest BCUT2D eigenvalue weighted by Crippen LogP contribution is -2.44. The Balaban J connectivity index is 1.81. The molecule has 0 saturated carbocycles. The van der Waals surface area contributed by atoms with E-state index in [0.717, 1.165) is 17.2 Å². The Labute approximate surface area is 187 Å².